The van der Waals surface area contributed by atoms with E-state index >= 15 is 0 Å². The summed E-state index contributed by atoms with van der Waals surface area (Å²) in [6, 6.07) is 13.5. The molecule has 0 aliphatic rings. The van der Waals surface area contributed by atoms with Crippen LogP contribution in [0.2, 0.25) is 0 Å². The first-order valence-corrected chi connectivity index (χ1v) is 10.4. The van der Waals surface area contributed by atoms with Crippen molar-refractivity contribution in [2.75, 3.05) is 19.8 Å². The Balaban J connectivity index is 1.88. The van der Waals surface area contributed by atoms with Crippen molar-refractivity contribution in [2.45, 2.75) is 24.9 Å². The summed E-state index contributed by atoms with van der Waals surface area (Å²) < 4.78 is 0. The van der Waals surface area contributed by atoms with Crippen LogP contribution in [-0.2, 0) is 17.9 Å². The topological polar surface area (TPSA) is 109 Å². The van der Waals surface area contributed by atoms with Crippen molar-refractivity contribution in [3.8, 4) is 0 Å². The number of rotatable bonds is 8. The van der Waals surface area contributed by atoms with Gasteiger partial charge >= 0.3 is 0 Å². The molecule has 0 heterocycles. The summed E-state index contributed by atoms with van der Waals surface area (Å²) in [5.74, 6) is -0.210. The maximum atomic E-state index is 11.9. The lowest BCUT2D eigenvalue weighted by atomic mass is 10.1. The van der Waals surface area contributed by atoms with E-state index in [0.717, 1.165) is 5.56 Å². The summed E-state index contributed by atoms with van der Waals surface area (Å²) >= 11 is 1.73. The van der Waals surface area contributed by atoms with Crippen LogP contribution in [0.3, 0.4) is 0 Å². The van der Waals surface area contributed by atoms with Crippen molar-refractivity contribution in [1.29, 1.82) is 0 Å². The number of primary amides is 1. The summed E-state index contributed by atoms with van der Waals surface area (Å²) in [6.07, 6.45) is 2.07. The number of nitrogens with one attached hydrogen (secondary N) is 3. The highest BCUT2D eigenvalue weighted by Gasteiger charge is 2.07. The minimum Gasteiger partial charge on any atom is -0.368 e. The Morgan fingerprint density at radius 1 is 1.03 bits per heavy atom. The highest BCUT2D eigenvalue weighted by Crippen LogP contribution is 2.21. The SMILES string of the molecule is CN=C(NCc1ccc(C(=O)NCC(N)=O)cc1)NCc1ccc(C)cc1SC. The Hall–Kier alpha value is -3.00. The number of carbonyl (C=O) groups excluding carboxylic acids is 2. The van der Waals surface area contributed by atoms with Crippen LogP contribution in [0, 0.1) is 6.92 Å². The number of hydrogen-bond donors (Lipinski definition) is 4. The number of amides is 2. The maximum absolute atomic E-state index is 11.9. The zero-order valence-corrected chi connectivity index (χ0v) is 17.7. The van der Waals surface area contributed by atoms with Gasteiger partial charge in [0.2, 0.25) is 5.91 Å². The van der Waals surface area contributed by atoms with Crippen molar-refractivity contribution in [1.82, 2.24) is 16.0 Å². The molecular formula is C21H27N5O2S. The number of aliphatic imine (C=N–C) groups is 1. The van der Waals surface area contributed by atoms with Crippen LogP contribution in [0.4, 0.5) is 0 Å². The molecular weight excluding hydrogens is 386 g/mol. The number of nitrogens with zero attached hydrogens (tertiary/aromatic N) is 1. The zero-order chi connectivity index (χ0) is 21.2. The average molecular weight is 414 g/mol. The molecule has 2 aromatic carbocycles. The fourth-order valence-electron chi connectivity index (χ4n) is 2.63. The monoisotopic (exact) mass is 413 g/mol. The minimum atomic E-state index is -0.576. The molecule has 0 aliphatic heterocycles. The van der Waals surface area contributed by atoms with Crippen LogP contribution in [0.1, 0.15) is 27.0 Å². The maximum Gasteiger partial charge on any atom is 0.251 e. The molecule has 0 spiro atoms. The molecule has 8 heteroatoms. The molecule has 29 heavy (non-hydrogen) atoms. The van der Waals surface area contributed by atoms with Crippen LogP contribution >= 0.6 is 11.8 Å². The van der Waals surface area contributed by atoms with E-state index in [0.29, 0.717) is 24.6 Å². The third-order valence-electron chi connectivity index (χ3n) is 4.21. The molecule has 0 saturated heterocycles. The predicted octanol–water partition coefficient (Wildman–Crippen LogP) is 1.80. The van der Waals surface area contributed by atoms with E-state index in [1.807, 2.05) is 12.1 Å². The molecule has 2 amide bonds. The van der Waals surface area contributed by atoms with E-state index in [-0.39, 0.29) is 12.5 Å². The van der Waals surface area contributed by atoms with Gasteiger partial charge in [0.05, 0.1) is 6.54 Å². The van der Waals surface area contributed by atoms with Crippen molar-refractivity contribution < 1.29 is 9.59 Å². The van der Waals surface area contributed by atoms with Gasteiger partial charge in [-0.25, -0.2) is 0 Å². The quantitative estimate of drug-likeness (QED) is 0.300. The lowest BCUT2D eigenvalue weighted by molar-refractivity contribution is -0.117. The lowest BCUT2D eigenvalue weighted by Gasteiger charge is -2.14. The van der Waals surface area contributed by atoms with Crippen LogP contribution < -0.4 is 21.7 Å². The van der Waals surface area contributed by atoms with E-state index in [1.54, 1.807) is 30.9 Å². The van der Waals surface area contributed by atoms with Gasteiger partial charge in [-0.2, -0.15) is 0 Å². The normalized spacial score (nSPS) is 11.1. The molecule has 154 valence electrons. The number of carbonyl (C=O) groups is 2. The molecule has 5 N–H and O–H groups in total. The van der Waals surface area contributed by atoms with Gasteiger partial charge in [0.15, 0.2) is 5.96 Å². The van der Waals surface area contributed by atoms with Crippen LogP contribution in [0.25, 0.3) is 0 Å². The van der Waals surface area contributed by atoms with E-state index < -0.39 is 5.91 Å². The largest absolute Gasteiger partial charge is 0.368 e. The molecule has 0 unspecified atom stereocenters. The van der Waals surface area contributed by atoms with Crippen LogP contribution in [-0.4, -0.2) is 37.6 Å². The van der Waals surface area contributed by atoms with Crippen LogP contribution in [0.15, 0.2) is 52.4 Å². The smallest absolute Gasteiger partial charge is 0.251 e. The number of hydrogen-bond acceptors (Lipinski definition) is 4. The first kappa shape index (κ1) is 22.3. The van der Waals surface area contributed by atoms with Gasteiger partial charge in [-0.15, -0.1) is 11.8 Å². The van der Waals surface area contributed by atoms with Crippen molar-refractivity contribution >= 4 is 29.5 Å². The summed E-state index contributed by atoms with van der Waals surface area (Å²) in [6.45, 7) is 3.15. The lowest BCUT2D eigenvalue weighted by Crippen LogP contribution is -2.36. The number of benzene rings is 2. The second kappa shape index (κ2) is 11.1. The van der Waals surface area contributed by atoms with E-state index in [9.17, 15) is 9.59 Å². The Morgan fingerprint density at radius 3 is 2.34 bits per heavy atom. The van der Waals surface area contributed by atoms with E-state index in [1.165, 1.54) is 16.0 Å². The van der Waals surface area contributed by atoms with Gasteiger partial charge in [-0.1, -0.05) is 24.3 Å². The fraction of sp³-hybridized carbons (Fsp3) is 0.286. The molecule has 0 saturated carbocycles. The summed E-state index contributed by atoms with van der Waals surface area (Å²) in [5.41, 5.74) is 8.96. The number of guanidine groups is 1. The Bertz CT molecular complexity index is 881. The van der Waals surface area contributed by atoms with Gasteiger partial charge in [-0.05, 0) is 48.1 Å². The molecule has 0 bridgehead atoms. The molecule has 0 atom stereocenters. The third kappa shape index (κ3) is 7.15. The fourth-order valence-corrected chi connectivity index (χ4v) is 3.33. The standard InChI is InChI=1S/C21H27N5O2S/c1-14-4-7-17(18(10-14)29-3)12-26-21(23-2)25-11-15-5-8-16(9-6-15)20(28)24-13-19(22)27/h4-10H,11-13H2,1-3H3,(H2,22,27)(H,24,28)(H2,23,25,26). The summed E-state index contributed by atoms with van der Waals surface area (Å²) in [4.78, 5) is 28.1. The zero-order valence-electron chi connectivity index (χ0n) is 16.9. The predicted molar refractivity (Wildman–Crippen MR) is 118 cm³/mol. The van der Waals surface area contributed by atoms with Crippen LogP contribution in [0.5, 0.6) is 0 Å². The van der Waals surface area contributed by atoms with Gasteiger partial charge in [0.1, 0.15) is 0 Å². The highest BCUT2D eigenvalue weighted by molar-refractivity contribution is 7.98. The molecule has 0 aromatic heterocycles. The Labute approximate surface area is 175 Å². The Morgan fingerprint density at radius 2 is 1.72 bits per heavy atom. The number of nitrogens with two attached hydrogens (primary N) is 1. The minimum absolute atomic E-state index is 0.177. The first-order chi connectivity index (χ1) is 13.9. The van der Waals surface area contributed by atoms with Gasteiger partial charge < -0.3 is 21.7 Å². The molecule has 0 radical (unpaired) electrons. The van der Waals surface area contributed by atoms with Crippen molar-refractivity contribution in [3.05, 3.63) is 64.7 Å². The average Bonchev–Trinajstić information content (AvgIpc) is 2.73. The second-order valence-corrected chi connectivity index (χ2v) is 7.29. The molecule has 0 fully saturated rings. The molecule has 7 nitrogen and oxygen atoms in total. The van der Waals surface area contributed by atoms with Crippen molar-refractivity contribution in [2.24, 2.45) is 10.7 Å². The van der Waals surface area contributed by atoms with Gasteiger partial charge in [0.25, 0.3) is 5.91 Å². The molecule has 2 rings (SSSR count). The first-order valence-electron chi connectivity index (χ1n) is 9.16. The number of aryl methyl sites for hydroxylation is 1. The molecule has 2 aromatic rings. The summed E-state index contributed by atoms with van der Waals surface area (Å²) in [5, 5.41) is 9.05. The van der Waals surface area contributed by atoms with Crippen molar-refractivity contribution in [3.63, 3.8) is 0 Å². The Kier molecular flexibility index (Phi) is 8.54. The van der Waals surface area contributed by atoms with Gasteiger partial charge in [0, 0.05) is 30.6 Å². The van der Waals surface area contributed by atoms with E-state index in [4.69, 9.17) is 5.73 Å². The van der Waals surface area contributed by atoms with E-state index in [2.05, 4.69) is 52.3 Å². The summed E-state index contributed by atoms with van der Waals surface area (Å²) in [7, 11) is 1.73. The highest BCUT2D eigenvalue weighted by atomic mass is 32.2. The second-order valence-electron chi connectivity index (χ2n) is 6.44. The third-order valence-corrected chi connectivity index (χ3v) is 5.03. The van der Waals surface area contributed by atoms with Gasteiger partial charge in [-0.3, -0.25) is 14.6 Å². The number of thioether (sulfide) groups is 1. The molecule has 0 aliphatic carbocycles.